The lowest BCUT2D eigenvalue weighted by atomic mass is 10.2. The Hall–Kier alpha value is -3.53. The molecule has 0 aliphatic heterocycles. The minimum Gasteiger partial charge on any atom is -0.453 e. The molecule has 4 rings (SSSR count). The zero-order valence-corrected chi connectivity index (χ0v) is 15.6. The van der Waals surface area contributed by atoms with Crippen LogP contribution in [-0.4, -0.2) is 30.3 Å². The summed E-state index contributed by atoms with van der Waals surface area (Å²) in [5.41, 5.74) is -0.0414. The van der Waals surface area contributed by atoms with Gasteiger partial charge in [-0.2, -0.15) is 5.10 Å². The van der Waals surface area contributed by atoms with E-state index in [4.69, 9.17) is 4.74 Å². The number of esters is 1. The van der Waals surface area contributed by atoms with Crippen LogP contribution < -0.4 is 11.2 Å². The monoisotopic (exact) mass is 397 g/mol. The highest BCUT2D eigenvalue weighted by Gasteiger charge is 2.19. The number of rotatable bonds is 5. The molecule has 0 unspecified atom stereocenters. The highest BCUT2D eigenvalue weighted by atomic mass is 32.1. The Morgan fingerprint density at radius 1 is 1.25 bits per heavy atom. The van der Waals surface area contributed by atoms with Gasteiger partial charge in [-0.1, -0.05) is 30.3 Å². The molecule has 0 aliphatic carbocycles. The lowest BCUT2D eigenvalue weighted by Crippen LogP contribution is -2.38. The van der Waals surface area contributed by atoms with Gasteiger partial charge in [0.25, 0.3) is 5.56 Å². The summed E-state index contributed by atoms with van der Waals surface area (Å²) in [5.74, 6) is -0.189. The summed E-state index contributed by atoms with van der Waals surface area (Å²) in [5, 5.41) is 6.57. The second kappa shape index (κ2) is 7.24. The van der Waals surface area contributed by atoms with Gasteiger partial charge in [-0.3, -0.25) is 19.0 Å². The van der Waals surface area contributed by atoms with Crippen LogP contribution in [-0.2, 0) is 24.9 Å². The lowest BCUT2D eigenvalue weighted by Gasteiger charge is -2.08. The highest BCUT2D eigenvalue weighted by molar-refractivity contribution is 7.20. The number of fused-ring (bicyclic) bond motifs is 1. The van der Waals surface area contributed by atoms with E-state index in [0.717, 1.165) is 21.5 Å². The molecule has 4 aromatic rings. The van der Waals surface area contributed by atoms with E-state index in [2.05, 4.69) is 15.2 Å². The number of thiophene rings is 1. The molecule has 3 heterocycles. The van der Waals surface area contributed by atoms with Crippen molar-refractivity contribution in [2.45, 2.75) is 13.2 Å². The van der Waals surface area contributed by atoms with E-state index >= 15 is 0 Å². The minimum absolute atomic E-state index is 0.0652. The van der Waals surface area contributed by atoms with Crippen molar-refractivity contribution in [2.75, 3.05) is 0 Å². The van der Waals surface area contributed by atoms with E-state index in [1.807, 2.05) is 30.3 Å². The Labute approximate surface area is 161 Å². The second-order valence-corrected chi connectivity index (χ2v) is 7.09. The van der Waals surface area contributed by atoms with Crippen LogP contribution >= 0.6 is 11.3 Å². The number of carbonyl (C=O) groups excluding carboxylic acids is 1. The molecule has 9 nitrogen and oxygen atoms in total. The Kier molecular flexibility index (Phi) is 4.62. The van der Waals surface area contributed by atoms with Crippen LogP contribution in [0.3, 0.4) is 0 Å². The first-order valence-electron chi connectivity index (χ1n) is 8.33. The van der Waals surface area contributed by atoms with Gasteiger partial charge in [-0.15, -0.1) is 11.3 Å². The van der Waals surface area contributed by atoms with Gasteiger partial charge in [0, 0.05) is 7.05 Å². The normalized spacial score (nSPS) is 11.0. The van der Waals surface area contributed by atoms with Gasteiger partial charge in [-0.05, 0) is 11.6 Å². The summed E-state index contributed by atoms with van der Waals surface area (Å²) in [6.07, 6.45) is 1.31. The smallest absolute Gasteiger partial charge is 0.348 e. The van der Waals surface area contributed by atoms with Crippen LogP contribution in [0.2, 0.25) is 0 Å². The minimum atomic E-state index is -0.598. The maximum absolute atomic E-state index is 12.9. The summed E-state index contributed by atoms with van der Waals surface area (Å²) in [6.45, 7) is 0.0909. The number of aromatic amines is 1. The molecule has 3 aromatic heterocycles. The maximum atomic E-state index is 12.9. The molecular formula is C18H15N5O4S. The summed E-state index contributed by atoms with van der Waals surface area (Å²) in [4.78, 5) is 42.4. The van der Waals surface area contributed by atoms with Gasteiger partial charge in [0.15, 0.2) is 12.4 Å². The summed E-state index contributed by atoms with van der Waals surface area (Å²) in [7, 11) is 1.58. The van der Waals surface area contributed by atoms with Crippen molar-refractivity contribution in [1.29, 1.82) is 0 Å². The molecule has 1 N–H and O–H groups in total. The zero-order chi connectivity index (χ0) is 19.7. The third kappa shape index (κ3) is 3.25. The molecule has 0 saturated carbocycles. The molecule has 0 spiro atoms. The fourth-order valence-corrected chi connectivity index (χ4v) is 3.79. The molecule has 1 aromatic carbocycles. The Bertz CT molecular complexity index is 1260. The fourth-order valence-electron chi connectivity index (χ4n) is 2.80. The molecule has 0 fully saturated rings. The molecule has 0 saturated heterocycles. The SMILES string of the molecule is Cn1c(=O)n(Cc2ccccc2)c(=O)c2cc(C(=O)OCc3ncn[nH]3)sc21. The molecule has 28 heavy (non-hydrogen) atoms. The van der Waals surface area contributed by atoms with Crippen molar-refractivity contribution >= 4 is 27.5 Å². The van der Waals surface area contributed by atoms with Crippen molar-refractivity contribution in [3.05, 3.63) is 79.8 Å². The van der Waals surface area contributed by atoms with Crippen LogP contribution in [0.15, 0.2) is 52.3 Å². The van der Waals surface area contributed by atoms with Gasteiger partial charge in [0.2, 0.25) is 0 Å². The van der Waals surface area contributed by atoms with Crippen molar-refractivity contribution in [3.8, 4) is 0 Å². The van der Waals surface area contributed by atoms with Crippen LogP contribution in [0.4, 0.5) is 0 Å². The first kappa shape index (κ1) is 17.9. The fraction of sp³-hybridized carbons (Fsp3) is 0.167. The predicted octanol–water partition coefficient (Wildman–Crippen LogP) is 1.29. The van der Waals surface area contributed by atoms with Crippen LogP contribution in [0, 0.1) is 0 Å². The van der Waals surface area contributed by atoms with Crippen LogP contribution in [0.5, 0.6) is 0 Å². The van der Waals surface area contributed by atoms with Gasteiger partial charge in [0.1, 0.15) is 16.0 Å². The Morgan fingerprint density at radius 2 is 2.04 bits per heavy atom. The number of nitrogens with one attached hydrogen (secondary N) is 1. The number of nitrogens with zero attached hydrogens (tertiary/aromatic N) is 4. The number of hydrogen-bond acceptors (Lipinski definition) is 7. The predicted molar refractivity (Wildman–Crippen MR) is 102 cm³/mol. The molecule has 10 heteroatoms. The first-order chi connectivity index (χ1) is 13.5. The molecule has 0 bridgehead atoms. The van der Waals surface area contributed by atoms with E-state index in [1.165, 1.54) is 17.0 Å². The Balaban J connectivity index is 1.70. The third-order valence-corrected chi connectivity index (χ3v) is 5.39. The number of benzene rings is 1. The van der Waals surface area contributed by atoms with E-state index in [9.17, 15) is 14.4 Å². The van der Waals surface area contributed by atoms with E-state index < -0.39 is 17.2 Å². The number of aryl methyl sites for hydroxylation is 1. The number of ether oxygens (including phenoxy) is 1. The van der Waals surface area contributed by atoms with Crippen molar-refractivity contribution in [3.63, 3.8) is 0 Å². The van der Waals surface area contributed by atoms with Crippen molar-refractivity contribution in [2.24, 2.45) is 7.05 Å². The van der Waals surface area contributed by atoms with Gasteiger partial charge < -0.3 is 4.74 Å². The molecule has 0 amide bonds. The van der Waals surface area contributed by atoms with Gasteiger partial charge >= 0.3 is 11.7 Å². The average molecular weight is 397 g/mol. The number of carbonyl (C=O) groups is 1. The van der Waals surface area contributed by atoms with Crippen molar-refractivity contribution in [1.82, 2.24) is 24.3 Å². The standard InChI is InChI=1S/C18H15N5O4S/c1-22-16-12(7-13(28-16)17(25)27-9-14-19-10-20-21-14)15(24)23(18(22)26)8-11-5-3-2-4-6-11/h2-7,10H,8-9H2,1H3,(H,19,20,21). The summed E-state index contributed by atoms with van der Waals surface area (Å²) in [6, 6.07) is 10.7. The Morgan fingerprint density at radius 3 is 2.75 bits per heavy atom. The van der Waals surface area contributed by atoms with Gasteiger partial charge in [0.05, 0.1) is 11.9 Å². The molecule has 142 valence electrons. The van der Waals surface area contributed by atoms with Crippen LogP contribution in [0.25, 0.3) is 10.2 Å². The zero-order valence-electron chi connectivity index (χ0n) is 14.8. The van der Waals surface area contributed by atoms with Crippen molar-refractivity contribution < 1.29 is 9.53 Å². The summed E-state index contributed by atoms with van der Waals surface area (Å²) >= 11 is 1.04. The van der Waals surface area contributed by atoms with Gasteiger partial charge in [-0.25, -0.2) is 14.6 Å². The molecule has 0 atom stereocenters. The maximum Gasteiger partial charge on any atom is 0.348 e. The lowest BCUT2D eigenvalue weighted by molar-refractivity contribution is 0.0468. The number of aromatic nitrogens is 5. The highest BCUT2D eigenvalue weighted by Crippen LogP contribution is 2.22. The number of hydrogen-bond donors (Lipinski definition) is 1. The molecular weight excluding hydrogens is 382 g/mol. The number of H-pyrrole nitrogens is 1. The van der Waals surface area contributed by atoms with E-state index in [0.29, 0.717) is 16.0 Å². The quantitative estimate of drug-likeness (QED) is 0.508. The van der Waals surface area contributed by atoms with E-state index in [1.54, 1.807) is 7.05 Å². The first-order valence-corrected chi connectivity index (χ1v) is 9.15. The average Bonchev–Trinajstić information content (AvgIpc) is 3.38. The molecule has 0 aliphatic rings. The summed E-state index contributed by atoms with van der Waals surface area (Å²) < 4.78 is 7.71. The van der Waals surface area contributed by atoms with E-state index in [-0.39, 0.29) is 18.0 Å². The van der Waals surface area contributed by atoms with Crippen LogP contribution in [0.1, 0.15) is 21.1 Å². The largest absolute Gasteiger partial charge is 0.453 e. The topological polar surface area (TPSA) is 112 Å². The second-order valence-electron chi connectivity index (χ2n) is 6.06. The third-order valence-electron chi connectivity index (χ3n) is 4.20. The molecule has 0 radical (unpaired) electrons.